The summed E-state index contributed by atoms with van der Waals surface area (Å²) in [6.07, 6.45) is -2.41. The van der Waals surface area contributed by atoms with Gasteiger partial charge in [0.1, 0.15) is 22.4 Å². The number of aromatic nitrogens is 4. The van der Waals surface area contributed by atoms with Crippen LogP contribution in [0.15, 0.2) is 6.33 Å². The number of amides is 4. The molecule has 2 aromatic rings. The van der Waals surface area contributed by atoms with Crippen LogP contribution in [0.4, 0.5) is 30.9 Å². The van der Waals surface area contributed by atoms with Crippen LogP contribution in [0.2, 0.25) is 0 Å². The lowest BCUT2D eigenvalue weighted by Crippen LogP contribution is -2.46. The van der Waals surface area contributed by atoms with Crippen molar-refractivity contribution in [3.8, 4) is 0 Å². The van der Waals surface area contributed by atoms with E-state index in [-0.39, 0.29) is 23.1 Å². The molecule has 0 aliphatic carbocycles. The van der Waals surface area contributed by atoms with E-state index in [1.165, 1.54) is 6.33 Å². The van der Waals surface area contributed by atoms with E-state index < -0.39 is 52.7 Å². The summed E-state index contributed by atoms with van der Waals surface area (Å²) in [5, 5.41) is 0. The predicted octanol–water partition coefficient (Wildman–Crippen LogP) is 5.97. The van der Waals surface area contributed by atoms with Crippen molar-refractivity contribution >= 4 is 47.3 Å². The monoisotopic (exact) mass is 620 g/mol. The Morgan fingerprint density at radius 2 is 1.16 bits per heavy atom. The van der Waals surface area contributed by atoms with E-state index in [2.05, 4.69) is 15.0 Å². The third kappa shape index (κ3) is 9.76. The minimum absolute atomic E-state index is 0.00973. The first kappa shape index (κ1) is 34.5. The smallest absolute Gasteiger partial charge is 0.427 e. The van der Waals surface area contributed by atoms with Crippen LogP contribution >= 0.6 is 0 Å². The SMILES string of the molecule is CC(C)(C)OC(=O)N(C(=O)OC(C)(C)C)c1nc(N(C(=O)OC(C)(C)C)C(=O)OC(C)(C)C)c2ncn(CC[C@@H]3CO3)c2n1. The number of imide groups is 2. The molecule has 15 heteroatoms. The molecule has 0 unspecified atom stereocenters. The Kier molecular flexibility index (Phi) is 9.54. The van der Waals surface area contributed by atoms with Gasteiger partial charge in [-0.15, -0.1) is 4.90 Å². The quantitative estimate of drug-likeness (QED) is 0.284. The number of imidazole rings is 1. The summed E-state index contributed by atoms with van der Waals surface area (Å²) in [5.41, 5.74) is -3.95. The summed E-state index contributed by atoms with van der Waals surface area (Å²) in [6.45, 7) is 20.5. The Morgan fingerprint density at radius 1 is 0.750 bits per heavy atom. The highest BCUT2D eigenvalue weighted by molar-refractivity contribution is 6.14. The number of epoxide rings is 1. The number of ether oxygens (including phenoxy) is 5. The first-order chi connectivity index (χ1) is 19.9. The molecule has 0 N–H and O–H groups in total. The lowest BCUT2D eigenvalue weighted by atomic mass is 10.2. The molecule has 1 aliphatic heterocycles. The first-order valence-electron chi connectivity index (χ1n) is 14.3. The normalized spacial score (nSPS) is 15.4. The number of carbonyl (C=O) groups excluding carboxylic acids is 4. The fourth-order valence-corrected chi connectivity index (χ4v) is 3.57. The highest BCUT2D eigenvalue weighted by Gasteiger charge is 2.40. The lowest BCUT2D eigenvalue weighted by molar-refractivity contribution is 0.0411. The van der Waals surface area contributed by atoms with Crippen molar-refractivity contribution in [1.29, 1.82) is 0 Å². The minimum Gasteiger partial charge on any atom is -0.443 e. The molecule has 244 valence electrons. The zero-order valence-electron chi connectivity index (χ0n) is 27.6. The second kappa shape index (κ2) is 12.2. The Balaban J connectivity index is 2.31. The molecule has 4 amide bonds. The van der Waals surface area contributed by atoms with Crippen molar-refractivity contribution in [3.63, 3.8) is 0 Å². The van der Waals surface area contributed by atoms with Crippen LogP contribution in [0.3, 0.4) is 0 Å². The Labute approximate surface area is 257 Å². The average molecular weight is 621 g/mol. The fraction of sp³-hybridized carbons (Fsp3) is 0.690. The van der Waals surface area contributed by atoms with Crippen LogP contribution in [-0.4, -0.2) is 79.0 Å². The lowest BCUT2D eigenvalue weighted by Gasteiger charge is -2.29. The minimum atomic E-state index is -1.14. The van der Waals surface area contributed by atoms with Crippen LogP contribution in [0.5, 0.6) is 0 Å². The Morgan fingerprint density at radius 3 is 1.55 bits per heavy atom. The van der Waals surface area contributed by atoms with E-state index >= 15 is 0 Å². The number of nitrogens with zero attached hydrogens (tertiary/aromatic N) is 6. The van der Waals surface area contributed by atoms with Gasteiger partial charge in [0, 0.05) is 6.54 Å². The highest BCUT2D eigenvalue weighted by atomic mass is 16.6. The molecule has 1 atom stereocenters. The molecule has 3 rings (SSSR count). The zero-order chi connectivity index (χ0) is 33.4. The van der Waals surface area contributed by atoms with E-state index in [1.807, 2.05) is 0 Å². The third-order valence-corrected chi connectivity index (χ3v) is 5.24. The standard InChI is InChI=1S/C29H44N6O9/c1-26(2,3)41-22(36)34(23(37)42-27(4,5)6)20-18-19(33(16-30-18)14-13-17-15-40-17)31-21(32-20)35(24(38)43-28(7,8)9)25(39)44-29(10,11)12/h16-17H,13-15H2,1-12H3/t17-/m1/s1. The fourth-order valence-electron chi connectivity index (χ4n) is 3.57. The largest absolute Gasteiger partial charge is 0.443 e. The maximum Gasteiger partial charge on any atom is 0.427 e. The summed E-state index contributed by atoms with van der Waals surface area (Å²) in [5.74, 6) is -0.912. The van der Waals surface area contributed by atoms with Crippen LogP contribution in [0.25, 0.3) is 11.2 Å². The van der Waals surface area contributed by atoms with Crippen LogP contribution in [-0.2, 0) is 30.2 Å². The molecular weight excluding hydrogens is 576 g/mol. The molecule has 1 aliphatic rings. The van der Waals surface area contributed by atoms with Gasteiger partial charge in [-0.1, -0.05) is 0 Å². The van der Waals surface area contributed by atoms with Gasteiger partial charge in [0.25, 0.3) is 0 Å². The molecule has 1 fully saturated rings. The first-order valence-corrected chi connectivity index (χ1v) is 14.3. The van der Waals surface area contributed by atoms with Crippen LogP contribution in [0.1, 0.15) is 89.5 Å². The van der Waals surface area contributed by atoms with Gasteiger partial charge in [0.05, 0.1) is 19.0 Å². The molecule has 0 radical (unpaired) electrons. The van der Waals surface area contributed by atoms with Gasteiger partial charge in [-0.3, -0.25) is 0 Å². The summed E-state index contributed by atoms with van der Waals surface area (Å²) in [4.78, 5) is 68.4. The summed E-state index contributed by atoms with van der Waals surface area (Å²) in [6, 6.07) is 0. The van der Waals surface area contributed by atoms with Gasteiger partial charge < -0.3 is 28.3 Å². The van der Waals surface area contributed by atoms with Crippen molar-refractivity contribution in [1.82, 2.24) is 19.5 Å². The third-order valence-electron chi connectivity index (χ3n) is 5.24. The molecular formula is C29H44N6O9. The summed E-state index contributed by atoms with van der Waals surface area (Å²) >= 11 is 0. The second-order valence-electron chi connectivity index (χ2n) is 14.3. The highest BCUT2D eigenvalue weighted by Crippen LogP contribution is 2.31. The van der Waals surface area contributed by atoms with Crippen molar-refractivity contribution in [3.05, 3.63) is 6.33 Å². The summed E-state index contributed by atoms with van der Waals surface area (Å²) in [7, 11) is 0. The van der Waals surface area contributed by atoms with Gasteiger partial charge in [-0.25, -0.2) is 24.2 Å². The molecule has 1 saturated heterocycles. The number of hydrogen-bond donors (Lipinski definition) is 0. The number of carbonyl (C=O) groups is 4. The van der Waals surface area contributed by atoms with Gasteiger partial charge in [0.2, 0.25) is 5.95 Å². The molecule has 0 aromatic carbocycles. The molecule has 44 heavy (non-hydrogen) atoms. The van der Waals surface area contributed by atoms with E-state index in [9.17, 15) is 19.2 Å². The topological polar surface area (TPSA) is 168 Å². The van der Waals surface area contributed by atoms with E-state index in [4.69, 9.17) is 23.7 Å². The maximum atomic E-state index is 13.6. The molecule has 0 saturated carbocycles. The molecule has 2 aromatic heterocycles. The maximum absolute atomic E-state index is 13.6. The van der Waals surface area contributed by atoms with Crippen LogP contribution < -0.4 is 9.80 Å². The Hall–Kier alpha value is -4.01. The van der Waals surface area contributed by atoms with Crippen molar-refractivity contribution < 1.29 is 42.9 Å². The van der Waals surface area contributed by atoms with Gasteiger partial charge >= 0.3 is 24.4 Å². The predicted molar refractivity (Wildman–Crippen MR) is 160 cm³/mol. The second-order valence-corrected chi connectivity index (χ2v) is 14.3. The molecule has 0 bridgehead atoms. The summed E-state index contributed by atoms with van der Waals surface area (Å²) < 4.78 is 29.0. The van der Waals surface area contributed by atoms with E-state index in [0.717, 1.165) is 0 Å². The average Bonchev–Trinajstić information content (AvgIpc) is 3.51. The zero-order valence-corrected chi connectivity index (χ0v) is 27.6. The molecule has 3 heterocycles. The van der Waals surface area contributed by atoms with Gasteiger partial charge in [-0.2, -0.15) is 14.9 Å². The van der Waals surface area contributed by atoms with Gasteiger partial charge in [0.15, 0.2) is 17.0 Å². The molecule has 0 spiro atoms. The van der Waals surface area contributed by atoms with Gasteiger partial charge in [-0.05, 0) is 89.5 Å². The number of anilines is 2. The van der Waals surface area contributed by atoms with E-state index in [0.29, 0.717) is 29.4 Å². The number of aryl methyl sites for hydroxylation is 1. The van der Waals surface area contributed by atoms with Crippen molar-refractivity contribution in [2.75, 3.05) is 16.4 Å². The van der Waals surface area contributed by atoms with E-state index in [1.54, 1.807) is 87.7 Å². The number of hydrogen-bond acceptors (Lipinski definition) is 12. The molecule has 15 nitrogen and oxygen atoms in total. The van der Waals surface area contributed by atoms with Crippen LogP contribution in [0, 0.1) is 0 Å². The number of rotatable bonds is 5. The van der Waals surface area contributed by atoms with Crippen molar-refractivity contribution in [2.45, 2.75) is 125 Å². The van der Waals surface area contributed by atoms with Crippen molar-refractivity contribution in [2.24, 2.45) is 0 Å². The Bertz CT molecular complexity index is 1350. The number of fused-ring (bicyclic) bond motifs is 1.